The van der Waals surface area contributed by atoms with Gasteiger partial charge in [0.25, 0.3) is 0 Å². The van der Waals surface area contributed by atoms with Gasteiger partial charge in [-0.05, 0) is 37.6 Å². The third-order valence-corrected chi connectivity index (χ3v) is 5.81. The van der Waals surface area contributed by atoms with Gasteiger partial charge in [-0.15, -0.1) is 24.8 Å². The maximum Gasteiger partial charge on any atom is 0.225 e. The molecule has 1 saturated heterocycles. The van der Waals surface area contributed by atoms with E-state index in [2.05, 4.69) is 46.0 Å². The molecule has 0 aliphatic carbocycles. The minimum absolute atomic E-state index is 0. The van der Waals surface area contributed by atoms with Crippen LogP contribution in [-0.4, -0.2) is 65.6 Å². The number of ether oxygens (including phenoxy) is 1. The average molecular weight is 468 g/mol. The van der Waals surface area contributed by atoms with Crippen molar-refractivity contribution in [2.45, 2.75) is 39.8 Å². The molecule has 3 heterocycles. The minimum Gasteiger partial charge on any atom is -0.494 e. The summed E-state index contributed by atoms with van der Waals surface area (Å²) in [5.74, 6) is 1.87. The van der Waals surface area contributed by atoms with Crippen LogP contribution in [0.5, 0.6) is 5.75 Å². The lowest BCUT2D eigenvalue weighted by molar-refractivity contribution is 0.241. The van der Waals surface area contributed by atoms with Crippen molar-refractivity contribution in [1.82, 2.24) is 19.8 Å². The van der Waals surface area contributed by atoms with Crippen LogP contribution in [0.3, 0.4) is 0 Å². The summed E-state index contributed by atoms with van der Waals surface area (Å²) in [5, 5.41) is 0. The van der Waals surface area contributed by atoms with E-state index in [9.17, 15) is 0 Å². The maximum absolute atomic E-state index is 5.64. The summed E-state index contributed by atoms with van der Waals surface area (Å²) < 4.78 is 5.64. The molecule has 0 N–H and O–H groups in total. The zero-order valence-electron chi connectivity index (χ0n) is 18.6. The van der Waals surface area contributed by atoms with E-state index < -0.39 is 0 Å². The van der Waals surface area contributed by atoms with Crippen LogP contribution in [0, 0.1) is 0 Å². The standard InChI is InChI=1S/C23H33N5O.2ClH/c1-3-9-26-11-13-28(14-12-26)23-24-16-20-18-27(10-8-22(20)25-23)17-19-6-5-7-21(15-19)29-4-2;;/h5-7,15-16H,3-4,8-14,17-18H2,1-2H3;2*1H. The Bertz CT molecular complexity index is 814. The van der Waals surface area contributed by atoms with Gasteiger partial charge in [-0.1, -0.05) is 19.1 Å². The first-order valence-corrected chi connectivity index (χ1v) is 11.0. The Balaban J connectivity index is 0.00000171. The lowest BCUT2D eigenvalue weighted by Gasteiger charge is -2.35. The van der Waals surface area contributed by atoms with Crippen molar-refractivity contribution in [2.24, 2.45) is 0 Å². The third-order valence-electron chi connectivity index (χ3n) is 5.81. The molecule has 4 rings (SSSR count). The van der Waals surface area contributed by atoms with Crippen molar-refractivity contribution >= 4 is 30.8 Å². The second-order valence-electron chi connectivity index (χ2n) is 8.01. The molecule has 0 amide bonds. The number of benzene rings is 1. The number of nitrogens with zero attached hydrogens (tertiary/aromatic N) is 5. The van der Waals surface area contributed by atoms with E-state index in [0.717, 1.165) is 63.9 Å². The monoisotopic (exact) mass is 467 g/mol. The van der Waals surface area contributed by atoms with Crippen LogP contribution in [0.15, 0.2) is 30.5 Å². The van der Waals surface area contributed by atoms with Gasteiger partial charge >= 0.3 is 0 Å². The van der Waals surface area contributed by atoms with Gasteiger partial charge < -0.3 is 9.64 Å². The van der Waals surface area contributed by atoms with Gasteiger partial charge in [-0.2, -0.15) is 0 Å². The summed E-state index contributed by atoms with van der Waals surface area (Å²) in [6.45, 7) is 13.3. The molecule has 1 fully saturated rings. The quantitative estimate of drug-likeness (QED) is 0.616. The summed E-state index contributed by atoms with van der Waals surface area (Å²) in [4.78, 5) is 17.0. The lowest BCUT2D eigenvalue weighted by atomic mass is 10.1. The Morgan fingerprint density at radius 2 is 1.81 bits per heavy atom. The van der Waals surface area contributed by atoms with E-state index in [1.54, 1.807) is 0 Å². The molecule has 6 nitrogen and oxygen atoms in total. The molecular weight excluding hydrogens is 433 g/mol. The van der Waals surface area contributed by atoms with E-state index in [0.29, 0.717) is 6.61 Å². The predicted octanol–water partition coefficient (Wildman–Crippen LogP) is 3.81. The molecule has 2 aliphatic heterocycles. The number of anilines is 1. The van der Waals surface area contributed by atoms with Gasteiger partial charge in [0.15, 0.2) is 0 Å². The normalized spacial score (nSPS) is 16.8. The molecule has 0 radical (unpaired) electrons. The van der Waals surface area contributed by atoms with Crippen molar-refractivity contribution in [3.63, 3.8) is 0 Å². The summed E-state index contributed by atoms with van der Waals surface area (Å²) in [7, 11) is 0. The van der Waals surface area contributed by atoms with E-state index in [4.69, 9.17) is 14.7 Å². The molecule has 1 aromatic carbocycles. The molecule has 0 bridgehead atoms. The minimum atomic E-state index is 0. The van der Waals surface area contributed by atoms with Crippen molar-refractivity contribution in [3.8, 4) is 5.75 Å². The molecule has 8 heteroatoms. The molecule has 2 aliphatic rings. The second-order valence-corrected chi connectivity index (χ2v) is 8.01. The van der Waals surface area contributed by atoms with Crippen LogP contribution < -0.4 is 9.64 Å². The van der Waals surface area contributed by atoms with Crippen molar-refractivity contribution < 1.29 is 4.74 Å². The number of hydrogen-bond donors (Lipinski definition) is 0. The molecular formula is C23H35Cl2N5O. The summed E-state index contributed by atoms with van der Waals surface area (Å²) in [6.07, 6.45) is 4.27. The Kier molecular flexibility index (Phi) is 10.3. The molecule has 0 saturated carbocycles. The first kappa shape index (κ1) is 25.7. The van der Waals surface area contributed by atoms with Crippen LogP contribution in [0.25, 0.3) is 0 Å². The van der Waals surface area contributed by atoms with E-state index in [1.165, 1.54) is 29.8 Å². The van der Waals surface area contributed by atoms with Crippen LogP contribution >= 0.6 is 24.8 Å². The van der Waals surface area contributed by atoms with Gasteiger partial charge in [-0.3, -0.25) is 9.80 Å². The zero-order valence-corrected chi connectivity index (χ0v) is 20.3. The van der Waals surface area contributed by atoms with Crippen LogP contribution in [0.1, 0.15) is 37.1 Å². The fourth-order valence-electron chi connectivity index (χ4n) is 4.30. The SMILES string of the molecule is CCCN1CCN(c2ncc3c(n2)CCN(Cc2cccc(OCC)c2)C3)CC1.Cl.Cl. The first-order valence-electron chi connectivity index (χ1n) is 11.0. The molecule has 31 heavy (non-hydrogen) atoms. The van der Waals surface area contributed by atoms with E-state index in [-0.39, 0.29) is 24.8 Å². The van der Waals surface area contributed by atoms with Gasteiger partial charge in [-0.25, -0.2) is 9.97 Å². The number of halogens is 2. The van der Waals surface area contributed by atoms with Crippen molar-refractivity contribution in [2.75, 3.05) is 50.8 Å². The first-order chi connectivity index (χ1) is 14.2. The number of rotatable bonds is 7. The highest BCUT2D eigenvalue weighted by molar-refractivity contribution is 5.85. The topological polar surface area (TPSA) is 44.7 Å². The zero-order chi connectivity index (χ0) is 20.1. The van der Waals surface area contributed by atoms with Gasteiger partial charge in [0.1, 0.15) is 5.75 Å². The molecule has 0 spiro atoms. The smallest absolute Gasteiger partial charge is 0.225 e. The van der Waals surface area contributed by atoms with Crippen molar-refractivity contribution in [1.29, 1.82) is 0 Å². The van der Waals surface area contributed by atoms with Crippen LogP contribution in [-0.2, 0) is 19.5 Å². The Morgan fingerprint density at radius 3 is 2.55 bits per heavy atom. The van der Waals surface area contributed by atoms with Gasteiger partial charge in [0, 0.05) is 64.0 Å². The second kappa shape index (κ2) is 12.4. The van der Waals surface area contributed by atoms with Crippen molar-refractivity contribution in [3.05, 3.63) is 47.3 Å². The highest BCUT2D eigenvalue weighted by atomic mass is 35.5. The summed E-state index contributed by atoms with van der Waals surface area (Å²) in [6, 6.07) is 8.43. The lowest BCUT2D eigenvalue weighted by Crippen LogP contribution is -2.47. The van der Waals surface area contributed by atoms with E-state index in [1.807, 2.05) is 13.0 Å². The Hall–Kier alpha value is -1.60. The average Bonchev–Trinajstić information content (AvgIpc) is 2.75. The molecule has 172 valence electrons. The van der Waals surface area contributed by atoms with E-state index >= 15 is 0 Å². The highest BCUT2D eigenvalue weighted by Gasteiger charge is 2.22. The molecule has 0 unspecified atom stereocenters. The number of hydrogen-bond acceptors (Lipinski definition) is 6. The maximum atomic E-state index is 5.64. The van der Waals surface area contributed by atoms with Gasteiger partial charge in [0.05, 0.1) is 12.3 Å². The highest BCUT2D eigenvalue weighted by Crippen LogP contribution is 2.22. The number of aromatic nitrogens is 2. The summed E-state index contributed by atoms with van der Waals surface area (Å²) in [5.41, 5.74) is 3.79. The fraction of sp³-hybridized carbons (Fsp3) is 0.565. The Labute approximate surface area is 198 Å². The largest absolute Gasteiger partial charge is 0.494 e. The van der Waals surface area contributed by atoms with Crippen LogP contribution in [0.2, 0.25) is 0 Å². The molecule has 0 atom stereocenters. The summed E-state index contributed by atoms with van der Waals surface area (Å²) >= 11 is 0. The third kappa shape index (κ3) is 6.69. The predicted molar refractivity (Wildman–Crippen MR) is 131 cm³/mol. The fourth-order valence-corrected chi connectivity index (χ4v) is 4.30. The number of piperazine rings is 1. The number of fused-ring (bicyclic) bond motifs is 1. The van der Waals surface area contributed by atoms with Gasteiger partial charge in [0.2, 0.25) is 5.95 Å². The van der Waals surface area contributed by atoms with Crippen LogP contribution in [0.4, 0.5) is 5.95 Å². The molecule has 1 aromatic heterocycles. The Morgan fingerprint density at radius 1 is 1.00 bits per heavy atom. The molecule has 2 aromatic rings.